The number of anilines is 1. The van der Waals surface area contributed by atoms with Crippen LogP contribution >= 0.6 is 0 Å². The van der Waals surface area contributed by atoms with Gasteiger partial charge in [0, 0.05) is 30.8 Å². The molecule has 0 unspecified atom stereocenters. The summed E-state index contributed by atoms with van der Waals surface area (Å²) in [5.41, 5.74) is 15.4. The molecular formula is C24H31N5O2. The number of benzene rings is 1. The van der Waals surface area contributed by atoms with Gasteiger partial charge in [0.05, 0.1) is 18.3 Å². The van der Waals surface area contributed by atoms with Crippen LogP contribution in [0.4, 0.5) is 5.82 Å². The molecule has 7 heteroatoms. The molecule has 1 saturated heterocycles. The van der Waals surface area contributed by atoms with E-state index in [4.69, 9.17) is 21.3 Å². The Hall–Kier alpha value is -2.98. The molecule has 0 radical (unpaired) electrons. The van der Waals surface area contributed by atoms with Crippen molar-refractivity contribution in [3.8, 4) is 28.8 Å². The summed E-state index contributed by atoms with van der Waals surface area (Å²) in [6.07, 6.45) is 3.92. The van der Waals surface area contributed by atoms with Gasteiger partial charge in [-0.2, -0.15) is 5.10 Å². The minimum absolute atomic E-state index is 0.0690. The summed E-state index contributed by atoms with van der Waals surface area (Å²) in [5.74, 6) is 6.78. The number of hydrogen-bond donors (Lipinski definition) is 2. The van der Waals surface area contributed by atoms with Gasteiger partial charge < -0.3 is 21.1 Å². The van der Waals surface area contributed by atoms with Crippen molar-refractivity contribution in [3.63, 3.8) is 0 Å². The van der Waals surface area contributed by atoms with E-state index in [2.05, 4.69) is 18.8 Å². The van der Waals surface area contributed by atoms with Gasteiger partial charge in [0.2, 0.25) is 0 Å². The first-order chi connectivity index (χ1) is 15.0. The van der Waals surface area contributed by atoms with Crippen LogP contribution in [0.1, 0.15) is 51.1 Å². The fourth-order valence-electron chi connectivity index (χ4n) is 4.86. The first-order valence-corrected chi connectivity index (χ1v) is 11.0. The predicted octanol–water partition coefficient (Wildman–Crippen LogP) is 2.96. The summed E-state index contributed by atoms with van der Waals surface area (Å²) in [4.78, 5) is 14.0. The molecule has 1 spiro atoms. The van der Waals surface area contributed by atoms with Gasteiger partial charge in [-0.1, -0.05) is 12.8 Å². The molecule has 7 nitrogen and oxygen atoms in total. The van der Waals surface area contributed by atoms with Crippen molar-refractivity contribution in [1.82, 2.24) is 14.7 Å². The molecule has 1 amide bonds. The molecule has 2 fully saturated rings. The van der Waals surface area contributed by atoms with Crippen molar-refractivity contribution in [2.75, 3.05) is 25.4 Å². The van der Waals surface area contributed by atoms with Gasteiger partial charge in [0.25, 0.3) is 5.91 Å². The van der Waals surface area contributed by atoms with E-state index in [1.807, 2.05) is 33.8 Å². The lowest BCUT2D eigenvalue weighted by atomic mass is 9.65. The van der Waals surface area contributed by atoms with Crippen molar-refractivity contribution >= 4 is 11.7 Å². The molecule has 2 aromatic rings. The third-order valence-electron chi connectivity index (χ3n) is 6.49. The SMILES string of the molecule is CC#CC(=O)N1CC[C@]2(C1)C[C@H](n1nc(-c3ccc(OCCC)cc3)c(CN)c1N)C2. The molecule has 0 atom stereocenters. The second-order valence-electron chi connectivity index (χ2n) is 8.65. The van der Waals surface area contributed by atoms with E-state index in [0.717, 1.165) is 61.3 Å². The van der Waals surface area contributed by atoms with Crippen molar-refractivity contribution in [1.29, 1.82) is 0 Å². The molecule has 164 valence electrons. The Bertz CT molecular complexity index is 1010. The highest BCUT2D eigenvalue weighted by atomic mass is 16.5. The van der Waals surface area contributed by atoms with Crippen LogP contribution in [0.3, 0.4) is 0 Å². The van der Waals surface area contributed by atoms with Crippen molar-refractivity contribution in [2.45, 2.75) is 52.1 Å². The fourth-order valence-corrected chi connectivity index (χ4v) is 4.86. The van der Waals surface area contributed by atoms with Crippen LogP contribution in [0, 0.1) is 17.3 Å². The first-order valence-electron chi connectivity index (χ1n) is 11.0. The van der Waals surface area contributed by atoms with Gasteiger partial charge in [-0.25, -0.2) is 4.68 Å². The maximum atomic E-state index is 12.1. The van der Waals surface area contributed by atoms with E-state index in [1.54, 1.807) is 6.92 Å². The number of ether oxygens (including phenoxy) is 1. The molecule has 1 saturated carbocycles. The topological polar surface area (TPSA) is 99.4 Å². The number of amides is 1. The number of hydrogen-bond acceptors (Lipinski definition) is 5. The Labute approximate surface area is 183 Å². The minimum atomic E-state index is -0.0690. The molecular weight excluding hydrogens is 390 g/mol. The third-order valence-corrected chi connectivity index (χ3v) is 6.49. The number of aromatic nitrogens is 2. The lowest BCUT2D eigenvalue weighted by molar-refractivity contribution is -0.125. The number of carbonyl (C=O) groups excluding carboxylic acids is 1. The summed E-state index contributed by atoms with van der Waals surface area (Å²) in [6.45, 7) is 6.37. The largest absolute Gasteiger partial charge is 0.494 e. The van der Waals surface area contributed by atoms with Crippen LogP contribution in [0.2, 0.25) is 0 Å². The Morgan fingerprint density at radius 2 is 2.06 bits per heavy atom. The van der Waals surface area contributed by atoms with Crippen LogP contribution in [-0.2, 0) is 11.3 Å². The quantitative estimate of drug-likeness (QED) is 0.699. The minimum Gasteiger partial charge on any atom is -0.494 e. The van der Waals surface area contributed by atoms with Gasteiger partial charge in [-0.05, 0) is 68.2 Å². The van der Waals surface area contributed by atoms with E-state index >= 15 is 0 Å². The zero-order chi connectivity index (χ0) is 22.0. The smallest absolute Gasteiger partial charge is 0.298 e. The number of nitrogen functional groups attached to an aromatic ring is 1. The zero-order valence-electron chi connectivity index (χ0n) is 18.4. The van der Waals surface area contributed by atoms with Crippen LogP contribution < -0.4 is 16.2 Å². The summed E-state index contributed by atoms with van der Waals surface area (Å²) >= 11 is 0. The molecule has 4 N–H and O–H groups in total. The highest BCUT2D eigenvalue weighted by Gasteiger charge is 2.50. The van der Waals surface area contributed by atoms with Crippen molar-refractivity contribution in [3.05, 3.63) is 29.8 Å². The van der Waals surface area contributed by atoms with E-state index in [9.17, 15) is 4.79 Å². The molecule has 31 heavy (non-hydrogen) atoms. The molecule has 1 aromatic carbocycles. The first kappa shape index (κ1) is 21.3. The average Bonchev–Trinajstić information content (AvgIpc) is 3.33. The molecule has 2 heterocycles. The van der Waals surface area contributed by atoms with Gasteiger partial charge in [-0.15, -0.1) is 0 Å². The van der Waals surface area contributed by atoms with Gasteiger partial charge in [-0.3, -0.25) is 4.79 Å². The van der Waals surface area contributed by atoms with Gasteiger partial charge in [0.1, 0.15) is 11.6 Å². The standard InChI is InChI=1S/C24H31N5O2/c1-3-5-21(30)28-11-10-24(16-28)13-18(14-24)29-23(26)20(15-25)22(27-29)17-6-8-19(9-7-17)31-12-4-2/h6-9,18H,4,10-16,25-26H2,1-2H3/t18-,24-. The van der Waals surface area contributed by atoms with E-state index < -0.39 is 0 Å². The lowest BCUT2D eigenvalue weighted by Gasteiger charge is -2.45. The fraction of sp³-hybridized carbons (Fsp3) is 0.500. The lowest BCUT2D eigenvalue weighted by Crippen LogP contribution is -2.42. The molecule has 2 aliphatic rings. The Balaban J connectivity index is 1.49. The van der Waals surface area contributed by atoms with Crippen LogP contribution in [0.15, 0.2) is 24.3 Å². The molecule has 4 rings (SSSR count). The second-order valence-corrected chi connectivity index (χ2v) is 8.65. The monoisotopic (exact) mass is 421 g/mol. The van der Waals surface area contributed by atoms with Gasteiger partial charge >= 0.3 is 0 Å². The molecule has 0 bridgehead atoms. The van der Waals surface area contributed by atoms with Crippen LogP contribution in [-0.4, -0.2) is 40.3 Å². The maximum Gasteiger partial charge on any atom is 0.298 e. The van der Waals surface area contributed by atoms with Crippen LogP contribution in [0.5, 0.6) is 5.75 Å². The molecule has 1 aromatic heterocycles. The Morgan fingerprint density at radius 3 is 2.71 bits per heavy atom. The van der Waals surface area contributed by atoms with Crippen molar-refractivity contribution in [2.24, 2.45) is 11.1 Å². The summed E-state index contributed by atoms with van der Waals surface area (Å²) in [7, 11) is 0. The number of rotatable bonds is 6. The highest BCUT2D eigenvalue weighted by Crippen LogP contribution is 2.54. The number of carbonyl (C=O) groups is 1. The van der Waals surface area contributed by atoms with Crippen LogP contribution in [0.25, 0.3) is 11.3 Å². The Kier molecular flexibility index (Phi) is 5.92. The van der Waals surface area contributed by atoms with Crippen molar-refractivity contribution < 1.29 is 9.53 Å². The average molecular weight is 422 g/mol. The summed E-state index contributed by atoms with van der Waals surface area (Å²) in [6, 6.07) is 8.17. The normalized spacial score (nSPS) is 22.2. The van der Waals surface area contributed by atoms with Gasteiger partial charge in [0.15, 0.2) is 0 Å². The van der Waals surface area contributed by atoms with E-state index in [0.29, 0.717) is 19.0 Å². The summed E-state index contributed by atoms with van der Waals surface area (Å²) < 4.78 is 7.62. The Morgan fingerprint density at radius 1 is 1.32 bits per heavy atom. The molecule has 1 aliphatic carbocycles. The van der Waals surface area contributed by atoms with E-state index in [1.165, 1.54) is 0 Å². The zero-order valence-corrected chi connectivity index (χ0v) is 18.4. The maximum absolute atomic E-state index is 12.1. The second kappa shape index (κ2) is 8.64. The number of likely N-dealkylation sites (tertiary alicyclic amines) is 1. The number of nitrogens with two attached hydrogens (primary N) is 2. The van der Waals surface area contributed by atoms with E-state index in [-0.39, 0.29) is 17.4 Å². The highest BCUT2D eigenvalue weighted by molar-refractivity contribution is 5.93. The molecule has 1 aliphatic heterocycles. The number of nitrogens with zero attached hydrogens (tertiary/aromatic N) is 3. The summed E-state index contributed by atoms with van der Waals surface area (Å²) in [5, 5.41) is 4.87. The predicted molar refractivity (Wildman–Crippen MR) is 121 cm³/mol. The third kappa shape index (κ3) is 4.00.